The van der Waals surface area contributed by atoms with E-state index in [0.717, 1.165) is 21.5 Å². The summed E-state index contributed by atoms with van der Waals surface area (Å²) >= 11 is 3.36. The van der Waals surface area contributed by atoms with Crippen molar-refractivity contribution in [3.05, 3.63) is 52.5 Å². The van der Waals surface area contributed by atoms with Crippen molar-refractivity contribution < 1.29 is 0 Å². The molecule has 16 heavy (non-hydrogen) atoms. The summed E-state index contributed by atoms with van der Waals surface area (Å²) in [6, 6.07) is 7.91. The Labute approximate surface area is 103 Å². The fraction of sp³-hybridized carbons (Fsp3) is 0.167. The minimum atomic E-state index is 0.708. The highest BCUT2D eigenvalue weighted by atomic mass is 79.9. The van der Waals surface area contributed by atoms with Crippen LogP contribution in [0.2, 0.25) is 0 Å². The number of pyridine rings is 2. The van der Waals surface area contributed by atoms with Crippen LogP contribution in [0.25, 0.3) is 0 Å². The van der Waals surface area contributed by atoms with Crippen LogP contribution in [0.15, 0.2) is 41.1 Å². The molecular formula is C12H12BrN3. The lowest BCUT2D eigenvalue weighted by Gasteiger charge is -2.07. The van der Waals surface area contributed by atoms with Gasteiger partial charge in [-0.05, 0) is 47.1 Å². The molecule has 4 heteroatoms. The van der Waals surface area contributed by atoms with Gasteiger partial charge < -0.3 is 5.32 Å². The maximum absolute atomic E-state index is 4.29. The number of halogens is 1. The minimum absolute atomic E-state index is 0.708. The van der Waals surface area contributed by atoms with E-state index in [1.165, 1.54) is 0 Å². The Hall–Kier alpha value is -1.42. The van der Waals surface area contributed by atoms with Crippen LogP contribution in [0.3, 0.4) is 0 Å². The van der Waals surface area contributed by atoms with E-state index in [9.17, 15) is 0 Å². The van der Waals surface area contributed by atoms with Crippen molar-refractivity contribution >= 4 is 21.6 Å². The van der Waals surface area contributed by atoms with Crippen molar-refractivity contribution in [1.82, 2.24) is 9.97 Å². The average Bonchev–Trinajstić information content (AvgIpc) is 2.30. The summed E-state index contributed by atoms with van der Waals surface area (Å²) in [5.41, 5.74) is 3.05. The first-order valence-corrected chi connectivity index (χ1v) is 5.81. The third kappa shape index (κ3) is 2.79. The lowest BCUT2D eigenvalue weighted by Crippen LogP contribution is -2.03. The van der Waals surface area contributed by atoms with E-state index in [1.54, 1.807) is 12.4 Å². The molecule has 0 aromatic carbocycles. The Morgan fingerprint density at radius 2 is 2.12 bits per heavy atom. The zero-order valence-corrected chi connectivity index (χ0v) is 10.5. The average molecular weight is 278 g/mol. The number of anilines is 1. The molecule has 0 amide bonds. The van der Waals surface area contributed by atoms with Crippen LogP contribution in [0.4, 0.5) is 5.69 Å². The van der Waals surface area contributed by atoms with Crippen LogP contribution < -0.4 is 5.32 Å². The highest BCUT2D eigenvalue weighted by Gasteiger charge is 1.98. The quantitative estimate of drug-likeness (QED) is 0.937. The number of hydrogen-bond donors (Lipinski definition) is 1. The Bertz CT molecular complexity index is 468. The second kappa shape index (κ2) is 5.07. The van der Waals surface area contributed by atoms with Crippen molar-refractivity contribution in [2.75, 3.05) is 5.32 Å². The molecule has 82 valence electrons. The van der Waals surface area contributed by atoms with Gasteiger partial charge in [-0.1, -0.05) is 0 Å². The van der Waals surface area contributed by atoms with Crippen LogP contribution in [0, 0.1) is 6.92 Å². The maximum atomic E-state index is 4.29. The fourth-order valence-corrected chi connectivity index (χ4v) is 1.60. The molecule has 0 unspecified atom stereocenters. The molecule has 0 saturated heterocycles. The summed E-state index contributed by atoms with van der Waals surface area (Å²) in [5.74, 6) is 0. The Morgan fingerprint density at radius 3 is 2.81 bits per heavy atom. The van der Waals surface area contributed by atoms with Gasteiger partial charge in [0.2, 0.25) is 0 Å². The lowest BCUT2D eigenvalue weighted by atomic mass is 10.3. The highest BCUT2D eigenvalue weighted by molar-refractivity contribution is 9.10. The van der Waals surface area contributed by atoms with Crippen molar-refractivity contribution in [2.45, 2.75) is 13.5 Å². The van der Waals surface area contributed by atoms with E-state index in [2.05, 4.69) is 31.2 Å². The van der Waals surface area contributed by atoms with Gasteiger partial charge in [0.25, 0.3) is 0 Å². The number of aryl methyl sites for hydroxylation is 1. The van der Waals surface area contributed by atoms with Crippen molar-refractivity contribution in [1.29, 1.82) is 0 Å². The first-order valence-electron chi connectivity index (χ1n) is 5.01. The van der Waals surface area contributed by atoms with E-state index in [1.807, 2.05) is 31.2 Å². The zero-order chi connectivity index (χ0) is 11.4. The molecule has 0 atom stereocenters. The van der Waals surface area contributed by atoms with E-state index in [4.69, 9.17) is 0 Å². The Kier molecular flexibility index (Phi) is 3.51. The number of nitrogens with zero attached hydrogens (tertiary/aromatic N) is 2. The van der Waals surface area contributed by atoms with Gasteiger partial charge >= 0.3 is 0 Å². The molecule has 0 spiro atoms. The molecule has 0 saturated carbocycles. The molecule has 2 rings (SSSR count). The smallest absolute Gasteiger partial charge is 0.0603 e. The van der Waals surface area contributed by atoms with Crippen LogP contribution in [-0.4, -0.2) is 9.97 Å². The second-order valence-electron chi connectivity index (χ2n) is 3.46. The third-order valence-electron chi connectivity index (χ3n) is 2.26. The minimum Gasteiger partial charge on any atom is -0.378 e. The molecule has 0 radical (unpaired) electrons. The van der Waals surface area contributed by atoms with Crippen LogP contribution >= 0.6 is 15.9 Å². The third-order valence-corrected chi connectivity index (χ3v) is 2.72. The number of nitrogens with one attached hydrogen (secondary N) is 1. The van der Waals surface area contributed by atoms with Gasteiger partial charge in [-0.15, -0.1) is 0 Å². The molecule has 2 aromatic heterocycles. The number of rotatable bonds is 3. The second-order valence-corrected chi connectivity index (χ2v) is 4.37. The van der Waals surface area contributed by atoms with E-state index < -0.39 is 0 Å². The molecule has 3 nitrogen and oxygen atoms in total. The topological polar surface area (TPSA) is 37.8 Å². The largest absolute Gasteiger partial charge is 0.378 e. The van der Waals surface area contributed by atoms with Crippen molar-refractivity contribution in [2.24, 2.45) is 0 Å². The Morgan fingerprint density at radius 1 is 1.25 bits per heavy atom. The molecule has 0 aliphatic carbocycles. The van der Waals surface area contributed by atoms with Crippen LogP contribution in [-0.2, 0) is 6.54 Å². The predicted octanol–water partition coefficient (Wildman–Crippen LogP) is 3.16. The molecular weight excluding hydrogens is 266 g/mol. The number of aromatic nitrogens is 2. The van der Waals surface area contributed by atoms with E-state index >= 15 is 0 Å². The van der Waals surface area contributed by atoms with Gasteiger partial charge in [0.1, 0.15) is 0 Å². The summed E-state index contributed by atoms with van der Waals surface area (Å²) in [5, 5.41) is 3.31. The van der Waals surface area contributed by atoms with Crippen molar-refractivity contribution in [3.8, 4) is 0 Å². The summed E-state index contributed by atoms with van der Waals surface area (Å²) in [6.45, 7) is 2.69. The van der Waals surface area contributed by atoms with Gasteiger partial charge in [0, 0.05) is 16.9 Å². The molecule has 2 heterocycles. The van der Waals surface area contributed by atoms with Gasteiger partial charge in [-0.3, -0.25) is 9.97 Å². The SMILES string of the molecule is Cc1ncccc1NCc1ccc(Br)cn1. The molecule has 0 fully saturated rings. The summed E-state index contributed by atoms with van der Waals surface area (Å²) in [7, 11) is 0. The van der Waals surface area contributed by atoms with Gasteiger partial charge in [-0.2, -0.15) is 0 Å². The maximum Gasteiger partial charge on any atom is 0.0603 e. The normalized spacial score (nSPS) is 10.1. The van der Waals surface area contributed by atoms with Gasteiger partial charge in [-0.25, -0.2) is 0 Å². The zero-order valence-electron chi connectivity index (χ0n) is 8.94. The first kappa shape index (κ1) is 11.1. The highest BCUT2D eigenvalue weighted by Crippen LogP contribution is 2.12. The predicted molar refractivity (Wildman–Crippen MR) is 68.2 cm³/mol. The van der Waals surface area contributed by atoms with Gasteiger partial charge in [0.05, 0.1) is 23.6 Å². The fourth-order valence-electron chi connectivity index (χ4n) is 1.37. The summed E-state index contributed by atoms with van der Waals surface area (Å²) in [4.78, 5) is 8.51. The standard InChI is InChI=1S/C12H12BrN3/c1-9-12(3-2-6-14-9)16-8-11-5-4-10(13)7-15-11/h2-7,16H,8H2,1H3. The summed E-state index contributed by atoms with van der Waals surface area (Å²) in [6.07, 6.45) is 3.59. The van der Waals surface area contributed by atoms with Crippen molar-refractivity contribution in [3.63, 3.8) is 0 Å². The molecule has 2 aromatic rings. The molecule has 0 aliphatic rings. The monoisotopic (exact) mass is 277 g/mol. The molecule has 0 bridgehead atoms. The van der Waals surface area contributed by atoms with Gasteiger partial charge in [0.15, 0.2) is 0 Å². The number of hydrogen-bond acceptors (Lipinski definition) is 3. The van der Waals surface area contributed by atoms with Crippen LogP contribution in [0.1, 0.15) is 11.4 Å². The Balaban J connectivity index is 2.02. The van der Waals surface area contributed by atoms with E-state index in [0.29, 0.717) is 6.54 Å². The molecule has 0 aliphatic heterocycles. The van der Waals surface area contributed by atoms with Crippen LogP contribution in [0.5, 0.6) is 0 Å². The molecule has 1 N–H and O–H groups in total. The van der Waals surface area contributed by atoms with E-state index in [-0.39, 0.29) is 0 Å². The lowest BCUT2D eigenvalue weighted by molar-refractivity contribution is 1.03. The first-order chi connectivity index (χ1) is 7.75. The summed E-state index contributed by atoms with van der Waals surface area (Å²) < 4.78 is 0.994.